The second-order valence-corrected chi connectivity index (χ2v) is 26.7. The molecule has 0 saturated heterocycles. The molecule has 0 aromatic heterocycles. The number of phosphoric acid groups is 2. The van der Waals surface area contributed by atoms with Gasteiger partial charge in [-0.15, -0.1) is 0 Å². The summed E-state index contributed by atoms with van der Waals surface area (Å²) in [6.45, 7) is 9.36. The molecule has 0 fully saturated rings. The maximum atomic E-state index is 13.0. The number of aliphatic hydroxyl groups is 1. The second-order valence-electron chi connectivity index (χ2n) is 23.7. The Morgan fingerprint density at radius 2 is 0.561 bits per heavy atom. The van der Waals surface area contributed by atoms with E-state index in [0.29, 0.717) is 37.5 Å². The second kappa shape index (κ2) is 55.6. The van der Waals surface area contributed by atoms with Gasteiger partial charge in [0.2, 0.25) is 0 Å². The third-order valence-corrected chi connectivity index (χ3v) is 16.4. The first kappa shape index (κ1) is 80.1. The van der Waals surface area contributed by atoms with Gasteiger partial charge in [-0.3, -0.25) is 37.3 Å². The van der Waals surface area contributed by atoms with Crippen LogP contribution in [0.1, 0.15) is 311 Å². The Bertz CT molecular complexity index is 1620. The van der Waals surface area contributed by atoms with E-state index in [1.807, 2.05) is 0 Å². The summed E-state index contributed by atoms with van der Waals surface area (Å²) in [5.74, 6) is -0.736. The van der Waals surface area contributed by atoms with E-state index in [-0.39, 0.29) is 25.7 Å². The largest absolute Gasteiger partial charge is 0.472 e. The highest BCUT2D eigenvalue weighted by atomic mass is 31.2. The van der Waals surface area contributed by atoms with Crippen molar-refractivity contribution in [3.05, 3.63) is 0 Å². The Labute approximate surface area is 498 Å². The number of phosphoric ester groups is 2. The summed E-state index contributed by atoms with van der Waals surface area (Å²) in [6, 6.07) is 0. The van der Waals surface area contributed by atoms with E-state index in [0.717, 1.165) is 96.3 Å². The maximum Gasteiger partial charge on any atom is 0.472 e. The van der Waals surface area contributed by atoms with Crippen molar-refractivity contribution in [1.29, 1.82) is 0 Å². The highest BCUT2D eigenvalue weighted by Gasteiger charge is 2.30. The van der Waals surface area contributed by atoms with Gasteiger partial charge in [-0.1, -0.05) is 260 Å². The molecule has 3 N–H and O–H groups in total. The molecule has 0 aromatic carbocycles. The molecule has 0 aromatic rings. The average molecular weight is 1210 g/mol. The summed E-state index contributed by atoms with van der Waals surface area (Å²) in [4.78, 5) is 72.1. The average Bonchev–Trinajstić information content (AvgIpc) is 3.45. The molecule has 0 amide bonds. The van der Waals surface area contributed by atoms with Crippen LogP contribution in [-0.4, -0.2) is 96.7 Å². The predicted molar refractivity (Wildman–Crippen MR) is 326 cm³/mol. The molecule has 17 nitrogen and oxygen atoms in total. The minimum atomic E-state index is -4.94. The number of esters is 4. The van der Waals surface area contributed by atoms with Gasteiger partial charge < -0.3 is 33.8 Å². The molecule has 0 bridgehead atoms. The molecule has 0 aliphatic rings. The van der Waals surface area contributed by atoms with Crippen LogP contribution in [0.15, 0.2) is 0 Å². The molecule has 5 atom stereocenters. The van der Waals surface area contributed by atoms with Crippen LogP contribution in [0.4, 0.5) is 0 Å². The lowest BCUT2D eigenvalue weighted by Crippen LogP contribution is -2.30. The fraction of sp³-hybridized carbons (Fsp3) is 0.937. The third kappa shape index (κ3) is 57.2. The predicted octanol–water partition coefficient (Wildman–Crippen LogP) is 17.3. The first-order chi connectivity index (χ1) is 39.4. The third-order valence-electron chi connectivity index (χ3n) is 14.5. The standard InChI is InChI=1S/C63H122O17P2/c1-7-9-11-13-15-17-19-21-27-33-39-45-60(65)73-51-58(79-62(67)47-41-35-28-22-20-18-16-14-12-10-8-2)53-77-81(69,70)75-49-57(64)50-76-82(71,72)78-54-59(80-63(68)48-42-36-30-24-26-32-38-44-56(5)6)52-74-61(66)46-40-34-29-23-25-31-37-43-55(3)4/h55-59,64H,7-54H2,1-6H3,(H,69,70)(H,71,72)/t57-,58-,59-/m1/s1. The number of hydrogen-bond acceptors (Lipinski definition) is 15. The Balaban J connectivity index is 5.24. The molecule has 486 valence electrons. The zero-order valence-corrected chi connectivity index (χ0v) is 54.6. The van der Waals surface area contributed by atoms with Gasteiger partial charge in [0.15, 0.2) is 12.2 Å². The minimum absolute atomic E-state index is 0.103. The fourth-order valence-electron chi connectivity index (χ4n) is 9.35. The molecule has 82 heavy (non-hydrogen) atoms. The summed E-state index contributed by atoms with van der Waals surface area (Å²) < 4.78 is 67.9. The van der Waals surface area contributed by atoms with Crippen LogP contribution in [0, 0.1) is 11.8 Å². The number of carbonyl (C=O) groups is 4. The molecule has 0 heterocycles. The van der Waals surface area contributed by atoms with Gasteiger partial charge >= 0.3 is 39.5 Å². The number of ether oxygens (including phenoxy) is 4. The van der Waals surface area contributed by atoms with Crippen molar-refractivity contribution in [1.82, 2.24) is 0 Å². The Hall–Kier alpha value is -1.94. The molecular weight excluding hydrogens is 1090 g/mol. The first-order valence-electron chi connectivity index (χ1n) is 33.0. The van der Waals surface area contributed by atoms with Crippen molar-refractivity contribution >= 4 is 39.5 Å². The molecular formula is C63H122O17P2. The number of rotatable bonds is 62. The zero-order valence-electron chi connectivity index (χ0n) is 52.8. The Kier molecular flexibility index (Phi) is 54.3. The Morgan fingerprint density at radius 1 is 0.329 bits per heavy atom. The normalized spacial score (nSPS) is 14.3. The fourth-order valence-corrected chi connectivity index (χ4v) is 10.9. The Morgan fingerprint density at radius 3 is 0.829 bits per heavy atom. The summed E-state index contributed by atoms with van der Waals surface area (Å²) >= 11 is 0. The molecule has 0 radical (unpaired) electrons. The molecule has 0 aliphatic heterocycles. The summed E-state index contributed by atoms with van der Waals surface area (Å²) in [7, 11) is -9.88. The highest BCUT2D eigenvalue weighted by Crippen LogP contribution is 2.45. The number of aliphatic hydroxyl groups excluding tert-OH is 1. The minimum Gasteiger partial charge on any atom is -0.462 e. The lowest BCUT2D eigenvalue weighted by Gasteiger charge is -2.21. The van der Waals surface area contributed by atoms with Crippen molar-refractivity contribution in [3.8, 4) is 0 Å². The summed E-state index contributed by atoms with van der Waals surface area (Å²) in [6.07, 6.45) is 37.6. The van der Waals surface area contributed by atoms with E-state index in [9.17, 15) is 43.2 Å². The molecule has 0 spiro atoms. The van der Waals surface area contributed by atoms with Crippen LogP contribution >= 0.6 is 15.6 Å². The maximum absolute atomic E-state index is 13.0. The van der Waals surface area contributed by atoms with E-state index in [4.69, 9.17) is 37.0 Å². The number of carbonyl (C=O) groups excluding carboxylic acids is 4. The van der Waals surface area contributed by atoms with Crippen LogP contribution in [0.3, 0.4) is 0 Å². The van der Waals surface area contributed by atoms with Crippen LogP contribution in [-0.2, 0) is 65.4 Å². The van der Waals surface area contributed by atoms with Gasteiger partial charge in [0, 0.05) is 25.7 Å². The van der Waals surface area contributed by atoms with E-state index in [1.165, 1.54) is 122 Å². The summed E-state index contributed by atoms with van der Waals surface area (Å²) in [5.41, 5.74) is 0. The lowest BCUT2D eigenvalue weighted by atomic mass is 10.0. The van der Waals surface area contributed by atoms with Gasteiger partial charge in [0.25, 0.3) is 0 Å². The van der Waals surface area contributed by atoms with E-state index in [1.54, 1.807) is 0 Å². The van der Waals surface area contributed by atoms with Crippen molar-refractivity contribution in [2.24, 2.45) is 11.8 Å². The van der Waals surface area contributed by atoms with Crippen molar-refractivity contribution in [3.63, 3.8) is 0 Å². The van der Waals surface area contributed by atoms with Gasteiger partial charge in [-0.25, -0.2) is 9.13 Å². The molecule has 0 rings (SSSR count). The quantitative estimate of drug-likeness (QED) is 0.0222. The molecule has 2 unspecified atom stereocenters. The van der Waals surface area contributed by atoms with E-state index >= 15 is 0 Å². The smallest absolute Gasteiger partial charge is 0.462 e. The number of hydrogen-bond donors (Lipinski definition) is 3. The van der Waals surface area contributed by atoms with E-state index < -0.39 is 97.5 Å². The molecule has 0 saturated carbocycles. The van der Waals surface area contributed by atoms with Gasteiger partial charge in [0.1, 0.15) is 19.3 Å². The lowest BCUT2D eigenvalue weighted by molar-refractivity contribution is -0.161. The zero-order chi connectivity index (χ0) is 60.8. The van der Waals surface area contributed by atoms with Crippen LogP contribution in [0.2, 0.25) is 0 Å². The van der Waals surface area contributed by atoms with Gasteiger partial charge in [-0.05, 0) is 37.5 Å². The monoisotopic (exact) mass is 1210 g/mol. The van der Waals surface area contributed by atoms with Crippen molar-refractivity contribution in [2.75, 3.05) is 39.6 Å². The van der Waals surface area contributed by atoms with Crippen molar-refractivity contribution < 1.29 is 80.2 Å². The van der Waals surface area contributed by atoms with Crippen LogP contribution in [0.5, 0.6) is 0 Å². The SMILES string of the molecule is CCCCCCCCCCCCCC(=O)OC[C@H](COP(=O)(O)OC[C@@H](O)COP(=O)(O)OC[C@@H](COC(=O)CCCCCCCCCC(C)C)OC(=O)CCCCCCCCCC(C)C)OC(=O)CCCCCCCCCCCCC. The highest BCUT2D eigenvalue weighted by molar-refractivity contribution is 7.47. The van der Waals surface area contributed by atoms with Gasteiger partial charge in [0.05, 0.1) is 26.4 Å². The number of unbranched alkanes of at least 4 members (excludes halogenated alkanes) is 32. The summed E-state index contributed by atoms with van der Waals surface area (Å²) in [5, 5.41) is 10.5. The van der Waals surface area contributed by atoms with E-state index in [2.05, 4.69) is 41.5 Å². The topological polar surface area (TPSA) is 237 Å². The van der Waals surface area contributed by atoms with Gasteiger partial charge in [-0.2, -0.15) is 0 Å². The van der Waals surface area contributed by atoms with Crippen LogP contribution < -0.4 is 0 Å². The van der Waals surface area contributed by atoms with Crippen molar-refractivity contribution in [2.45, 2.75) is 330 Å². The van der Waals surface area contributed by atoms with Crippen LogP contribution in [0.25, 0.3) is 0 Å². The molecule has 19 heteroatoms. The molecule has 0 aliphatic carbocycles. The first-order valence-corrected chi connectivity index (χ1v) is 36.0.